The van der Waals surface area contributed by atoms with Gasteiger partial charge in [0.2, 0.25) is 0 Å². The second kappa shape index (κ2) is 5.40. The molecular weight excluding hydrogens is 268 g/mol. The maximum Gasteiger partial charge on any atom is 0.274 e. The Morgan fingerprint density at radius 3 is 2.90 bits per heavy atom. The van der Waals surface area contributed by atoms with E-state index in [0.29, 0.717) is 11.5 Å². The van der Waals surface area contributed by atoms with E-state index in [-0.39, 0.29) is 5.56 Å². The lowest BCUT2D eigenvalue weighted by molar-refractivity contribution is 0.415. The zero-order chi connectivity index (χ0) is 14.8. The average molecular weight is 284 g/mol. The number of aromatic amines is 1. The lowest BCUT2D eigenvalue weighted by Crippen LogP contribution is -2.14. The van der Waals surface area contributed by atoms with Gasteiger partial charge in [-0.1, -0.05) is 19.1 Å². The summed E-state index contributed by atoms with van der Waals surface area (Å²) in [6, 6.07) is 8.95. The molecule has 0 radical (unpaired) electrons. The van der Waals surface area contributed by atoms with Gasteiger partial charge in [-0.2, -0.15) is 9.50 Å². The van der Waals surface area contributed by atoms with Crippen molar-refractivity contribution in [2.24, 2.45) is 0 Å². The molecule has 21 heavy (non-hydrogen) atoms. The number of nitrogens with one attached hydrogen (secondary N) is 1. The number of fused-ring (bicyclic) bond motifs is 1. The number of aryl methyl sites for hydroxylation is 1. The minimum Gasteiger partial charge on any atom is -0.497 e. The van der Waals surface area contributed by atoms with Crippen LogP contribution < -0.4 is 10.3 Å². The van der Waals surface area contributed by atoms with Crippen LogP contribution in [0.2, 0.25) is 0 Å². The number of rotatable bonds is 4. The van der Waals surface area contributed by atoms with Crippen LogP contribution in [0.15, 0.2) is 35.1 Å². The summed E-state index contributed by atoms with van der Waals surface area (Å²) in [5.41, 5.74) is 1.25. The molecule has 1 N–H and O–H groups in total. The molecule has 0 aliphatic rings. The van der Waals surface area contributed by atoms with Crippen LogP contribution in [0.5, 0.6) is 5.75 Å². The van der Waals surface area contributed by atoms with Crippen molar-refractivity contribution in [1.29, 1.82) is 0 Å². The Morgan fingerprint density at radius 1 is 1.29 bits per heavy atom. The van der Waals surface area contributed by atoms with Crippen molar-refractivity contribution in [3.05, 3.63) is 46.5 Å². The van der Waals surface area contributed by atoms with Gasteiger partial charge in [0.05, 0.1) is 12.8 Å². The Kier molecular flexibility index (Phi) is 3.43. The number of hydrogen-bond donors (Lipinski definition) is 1. The zero-order valence-corrected chi connectivity index (χ0v) is 12.0. The quantitative estimate of drug-likeness (QED) is 0.795. The summed E-state index contributed by atoms with van der Waals surface area (Å²) in [7, 11) is 1.61. The third kappa shape index (κ3) is 2.52. The van der Waals surface area contributed by atoms with Crippen LogP contribution in [0.1, 0.15) is 19.2 Å². The molecule has 0 spiro atoms. The lowest BCUT2D eigenvalue weighted by Gasteiger charge is -2.03. The summed E-state index contributed by atoms with van der Waals surface area (Å²) in [6.45, 7) is 2.06. The minimum absolute atomic E-state index is 0.173. The zero-order valence-electron chi connectivity index (χ0n) is 12.0. The Balaban J connectivity index is 2.13. The number of aromatic nitrogens is 4. The molecule has 2 aromatic heterocycles. The predicted molar refractivity (Wildman–Crippen MR) is 79.6 cm³/mol. The largest absolute Gasteiger partial charge is 0.497 e. The highest BCUT2D eigenvalue weighted by atomic mass is 16.5. The van der Waals surface area contributed by atoms with E-state index in [0.717, 1.165) is 30.0 Å². The van der Waals surface area contributed by atoms with Crippen molar-refractivity contribution in [2.45, 2.75) is 19.8 Å². The van der Waals surface area contributed by atoms with Crippen LogP contribution in [0.3, 0.4) is 0 Å². The van der Waals surface area contributed by atoms with Gasteiger partial charge in [-0.3, -0.25) is 9.89 Å². The van der Waals surface area contributed by atoms with Crippen LogP contribution in [0.4, 0.5) is 0 Å². The fraction of sp³-hybridized carbons (Fsp3) is 0.267. The van der Waals surface area contributed by atoms with Crippen molar-refractivity contribution in [2.75, 3.05) is 7.11 Å². The fourth-order valence-electron chi connectivity index (χ4n) is 2.20. The van der Waals surface area contributed by atoms with Gasteiger partial charge < -0.3 is 4.74 Å². The minimum atomic E-state index is -0.173. The summed E-state index contributed by atoms with van der Waals surface area (Å²) in [4.78, 5) is 21.0. The first-order valence-corrected chi connectivity index (χ1v) is 6.84. The van der Waals surface area contributed by atoms with Crippen molar-refractivity contribution in [3.63, 3.8) is 0 Å². The van der Waals surface area contributed by atoms with E-state index in [1.165, 1.54) is 10.6 Å². The smallest absolute Gasteiger partial charge is 0.274 e. The van der Waals surface area contributed by atoms with Gasteiger partial charge in [-0.25, -0.2) is 4.98 Å². The molecular formula is C15H16N4O2. The Morgan fingerprint density at radius 2 is 2.14 bits per heavy atom. The summed E-state index contributed by atoms with van der Waals surface area (Å²) in [5.74, 6) is 1.89. The van der Waals surface area contributed by atoms with Crippen LogP contribution in [-0.4, -0.2) is 26.7 Å². The van der Waals surface area contributed by atoms with Crippen LogP contribution in [-0.2, 0) is 6.42 Å². The summed E-state index contributed by atoms with van der Waals surface area (Å²) < 4.78 is 6.57. The highest BCUT2D eigenvalue weighted by Crippen LogP contribution is 2.21. The van der Waals surface area contributed by atoms with E-state index >= 15 is 0 Å². The van der Waals surface area contributed by atoms with Crippen LogP contribution in [0, 0.1) is 0 Å². The third-order valence-corrected chi connectivity index (χ3v) is 3.23. The number of benzene rings is 1. The Labute approximate surface area is 121 Å². The second-order valence-corrected chi connectivity index (χ2v) is 4.77. The number of hydrogen-bond acceptors (Lipinski definition) is 4. The molecule has 0 amide bonds. The van der Waals surface area contributed by atoms with Gasteiger partial charge in [0.25, 0.3) is 11.3 Å². The average Bonchev–Trinajstić information content (AvgIpc) is 2.91. The molecule has 108 valence electrons. The van der Waals surface area contributed by atoms with Gasteiger partial charge in [0, 0.05) is 18.1 Å². The second-order valence-electron chi connectivity index (χ2n) is 4.77. The van der Waals surface area contributed by atoms with Crippen molar-refractivity contribution >= 4 is 5.78 Å². The molecule has 0 saturated heterocycles. The first-order valence-electron chi connectivity index (χ1n) is 6.84. The van der Waals surface area contributed by atoms with E-state index < -0.39 is 0 Å². The third-order valence-electron chi connectivity index (χ3n) is 3.23. The number of ether oxygens (including phenoxy) is 1. The molecule has 2 heterocycles. The first kappa shape index (κ1) is 13.4. The highest BCUT2D eigenvalue weighted by Gasteiger charge is 2.09. The molecule has 1 aromatic carbocycles. The van der Waals surface area contributed by atoms with E-state index in [2.05, 4.69) is 22.0 Å². The van der Waals surface area contributed by atoms with Gasteiger partial charge in [-0.05, 0) is 18.6 Å². The molecule has 0 bridgehead atoms. The molecule has 0 aliphatic carbocycles. The van der Waals surface area contributed by atoms with Crippen molar-refractivity contribution in [1.82, 2.24) is 19.6 Å². The van der Waals surface area contributed by atoms with Gasteiger partial charge in [0.1, 0.15) is 11.6 Å². The predicted octanol–water partition coefficient (Wildman–Crippen LogP) is 2.05. The molecule has 6 heteroatoms. The van der Waals surface area contributed by atoms with Crippen LogP contribution in [0.25, 0.3) is 17.0 Å². The summed E-state index contributed by atoms with van der Waals surface area (Å²) in [5, 5.41) is 2.97. The van der Waals surface area contributed by atoms with E-state index in [1.807, 2.05) is 24.3 Å². The monoisotopic (exact) mass is 284 g/mol. The van der Waals surface area contributed by atoms with Gasteiger partial charge in [-0.15, -0.1) is 0 Å². The molecule has 3 aromatic rings. The maximum absolute atomic E-state index is 12.2. The topological polar surface area (TPSA) is 72.3 Å². The molecule has 0 atom stereocenters. The highest BCUT2D eigenvalue weighted by molar-refractivity contribution is 5.62. The number of methoxy groups -OCH3 is 1. The first-order chi connectivity index (χ1) is 10.2. The molecule has 0 unspecified atom stereocenters. The molecule has 0 fully saturated rings. The Bertz CT molecular complexity index is 835. The maximum atomic E-state index is 12.2. The fourth-order valence-corrected chi connectivity index (χ4v) is 2.20. The van der Waals surface area contributed by atoms with E-state index in [9.17, 15) is 4.79 Å². The normalized spacial score (nSPS) is 11.0. The Hall–Kier alpha value is -2.63. The number of nitrogens with zero attached hydrogens (tertiary/aromatic N) is 3. The van der Waals surface area contributed by atoms with Gasteiger partial charge >= 0.3 is 0 Å². The van der Waals surface area contributed by atoms with Gasteiger partial charge in [0.15, 0.2) is 0 Å². The molecule has 0 saturated carbocycles. The van der Waals surface area contributed by atoms with E-state index in [4.69, 9.17) is 4.74 Å². The number of H-pyrrole nitrogens is 1. The van der Waals surface area contributed by atoms with Crippen molar-refractivity contribution in [3.8, 4) is 17.0 Å². The molecule has 6 nitrogen and oxygen atoms in total. The SMILES string of the molecule is CCCc1nc2nc(-c3cccc(OC)c3)cc(=O)n2[nH]1. The van der Waals surface area contributed by atoms with Crippen molar-refractivity contribution < 1.29 is 4.74 Å². The standard InChI is InChI=1S/C15H16N4O2/c1-3-5-13-17-15-16-12(9-14(20)19(15)18-13)10-6-4-7-11(8-10)21-2/h4,6-9H,3,5H2,1-2H3,(H,16,17,18). The lowest BCUT2D eigenvalue weighted by atomic mass is 10.1. The molecule has 3 rings (SSSR count). The van der Waals surface area contributed by atoms with E-state index in [1.54, 1.807) is 7.11 Å². The van der Waals surface area contributed by atoms with Crippen LogP contribution >= 0.6 is 0 Å². The summed E-state index contributed by atoms with van der Waals surface area (Å²) in [6.07, 6.45) is 1.74. The molecule has 0 aliphatic heterocycles. The summed E-state index contributed by atoms with van der Waals surface area (Å²) >= 11 is 0.